The first kappa shape index (κ1) is 13.1. The molecule has 17 heavy (non-hydrogen) atoms. The van der Waals surface area contributed by atoms with Crippen molar-refractivity contribution in [3.05, 3.63) is 23.0 Å². The Hall–Kier alpha value is -1.93. The third-order valence-corrected chi connectivity index (χ3v) is 1.80. The molecule has 4 nitrogen and oxygen atoms in total. The summed E-state index contributed by atoms with van der Waals surface area (Å²) in [7, 11) is 0. The van der Waals surface area contributed by atoms with E-state index >= 15 is 0 Å². The van der Waals surface area contributed by atoms with Crippen molar-refractivity contribution < 1.29 is 31.9 Å². The number of nitrogen functional groups attached to an aromatic ring is 1. The van der Waals surface area contributed by atoms with Crippen LogP contribution in [0.4, 0.5) is 27.6 Å². The molecule has 0 aliphatic rings. The maximum Gasteiger partial charge on any atom is 0.433 e. The molecule has 1 aromatic rings. The highest BCUT2D eigenvalue weighted by Gasteiger charge is 2.39. The Morgan fingerprint density at radius 2 is 1.94 bits per heavy atom. The number of alkyl halides is 5. The molecule has 94 valence electrons. The van der Waals surface area contributed by atoms with E-state index in [0.29, 0.717) is 6.07 Å². The predicted molar refractivity (Wildman–Crippen MR) is 45.6 cm³/mol. The van der Waals surface area contributed by atoms with Crippen molar-refractivity contribution in [3.8, 4) is 0 Å². The first-order valence-electron chi connectivity index (χ1n) is 4.03. The van der Waals surface area contributed by atoms with Crippen molar-refractivity contribution in [2.75, 3.05) is 5.73 Å². The molecule has 3 N–H and O–H groups in total. The summed E-state index contributed by atoms with van der Waals surface area (Å²) in [4.78, 5) is 13.1. The van der Waals surface area contributed by atoms with Crippen LogP contribution >= 0.6 is 0 Å². The van der Waals surface area contributed by atoms with Gasteiger partial charge >= 0.3 is 12.1 Å². The van der Waals surface area contributed by atoms with Gasteiger partial charge in [-0.15, -0.1) is 0 Å². The summed E-state index contributed by atoms with van der Waals surface area (Å²) in [5, 5.41) is 8.46. The first-order valence-corrected chi connectivity index (χ1v) is 4.03. The normalized spacial score (nSPS) is 11.9. The minimum Gasteiger partial charge on any atom is -0.477 e. The summed E-state index contributed by atoms with van der Waals surface area (Å²) in [5.41, 5.74) is -0.520. The fourth-order valence-electron chi connectivity index (χ4n) is 1.13. The zero-order valence-electron chi connectivity index (χ0n) is 7.92. The van der Waals surface area contributed by atoms with Gasteiger partial charge in [-0.1, -0.05) is 0 Å². The van der Waals surface area contributed by atoms with Crippen LogP contribution in [0.5, 0.6) is 0 Å². The van der Waals surface area contributed by atoms with Crippen LogP contribution in [0, 0.1) is 0 Å². The van der Waals surface area contributed by atoms with E-state index in [4.69, 9.17) is 10.8 Å². The van der Waals surface area contributed by atoms with Crippen molar-refractivity contribution in [2.45, 2.75) is 12.6 Å². The molecule has 0 aromatic carbocycles. The van der Waals surface area contributed by atoms with Gasteiger partial charge in [0.1, 0.15) is 0 Å². The molecule has 0 bridgehead atoms. The third kappa shape index (κ3) is 2.60. The van der Waals surface area contributed by atoms with Crippen LogP contribution < -0.4 is 5.73 Å². The number of carboxylic acids is 1. The van der Waals surface area contributed by atoms with Gasteiger partial charge < -0.3 is 10.8 Å². The summed E-state index contributed by atoms with van der Waals surface area (Å²) in [6.45, 7) is 0. The molecule has 1 rings (SSSR count). The lowest BCUT2D eigenvalue weighted by Gasteiger charge is -2.14. The largest absolute Gasteiger partial charge is 0.477 e. The highest BCUT2D eigenvalue weighted by molar-refractivity contribution is 5.86. The Morgan fingerprint density at radius 1 is 1.41 bits per heavy atom. The number of nitrogens with zero attached hydrogens (tertiary/aromatic N) is 1. The van der Waals surface area contributed by atoms with Crippen LogP contribution in [0.2, 0.25) is 0 Å². The van der Waals surface area contributed by atoms with Gasteiger partial charge in [0.15, 0.2) is 11.4 Å². The lowest BCUT2D eigenvalue weighted by molar-refractivity contribution is -0.143. The molecule has 0 saturated heterocycles. The Labute approximate surface area is 90.9 Å². The second kappa shape index (κ2) is 4.15. The molecule has 0 aliphatic carbocycles. The van der Waals surface area contributed by atoms with Gasteiger partial charge in [0, 0.05) is 5.69 Å². The number of rotatable bonds is 2. The Balaban J connectivity index is 3.57. The number of anilines is 1. The van der Waals surface area contributed by atoms with E-state index in [2.05, 4.69) is 4.98 Å². The number of aromatic nitrogens is 1. The fraction of sp³-hybridized carbons (Fsp3) is 0.250. The van der Waals surface area contributed by atoms with Crippen LogP contribution in [0.3, 0.4) is 0 Å². The van der Waals surface area contributed by atoms with Gasteiger partial charge in [0.25, 0.3) is 6.43 Å². The summed E-state index contributed by atoms with van der Waals surface area (Å²) in [6, 6.07) is 0.457. The number of aromatic carboxylic acids is 1. The topological polar surface area (TPSA) is 76.2 Å². The standard InChI is InChI=1S/C8H5F5N2O2/c9-6(10)4-2(14)1-3(7(16)17)15-5(4)8(11,12)13/h1,6H,(H2,14,15)(H,16,17). The van der Waals surface area contributed by atoms with E-state index in [9.17, 15) is 26.7 Å². The fourth-order valence-corrected chi connectivity index (χ4v) is 1.13. The zero-order chi connectivity index (χ0) is 13.4. The molecule has 0 amide bonds. The lowest BCUT2D eigenvalue weighted by atomic mass is 10.1. The first-order chi connectivity index (χ1) is 7.64. The Bertz CT molecular complexity index is 458. The highest BCUT2D eigenvalue weighted by Crippen LogP contribution is 2.38. The van der Waals surface area contributed by atoms with E-state index in [1.54, 1.807) is 0 Å². The molecule has 0 unspecified atom stereocenters. The average molecular weight is 256 g/mol. The van der Waals surface area contributed by atoms with Gasteiger partial charge in [-0.3, -0.25) is 0 Å². The third-order valence-electron chi connectivity index (χ3n) is 1.80. The molecule has 1 heterocycles. The monoisotopic (exact) mass is 256 g/mol. The van der Waals surface area contributed by atoms with Crippen molar-refractivity contribution in [2.24, 2.45) is 0 Å². The molecule has 0 atom stereocenters. The van der Waals surface area contributed by atoms with Crippen molar-refractivity contribution in [1.29, 1.82) is 0 Å². The van der Waals surface area contributed by atoms with Crippen molar-refractivity contribution in [3.63, 3.8) is 0 Å². The second-order valence-corrected chi connectivity index (χ2v) is 2.96. The molecular formula is C8H5F5N2O2. The van der Waals surface area contributed by atoms with Gasteiger partial charge in [-0.25, -0.2) is 18.6 Å². The lowest BCUT2D eigenvalue weighted by Crippen LogP contribution is -2.17. The molecule has 9 heteroatoms. The van der Waals surface area contributed by atoms with Gasteiger partial charge in [-0.05, 0) is 6.07 Å². The number of hydrogen-bond donors (Lipinski definition) is 2. The molecule has 0 spiro atoms. The minimum absolute atomic E-state index is 0.457. The number of hydrogen-bond acceptors (Lipinski definition) is 3. The zero-order valence-corrected chi connectivity index (χ0v) is 7.92. The molecular weight excluding hydrogens is 251 g/mol. The SMILES string of the molecule is Nc1cc(C(=O)O)nc(C(F)(F)F)c1C(F)F. The summed E-state index contributed by atoms with van der Waals surface area (Å²) in [5.74, 6) is -1.79. The smallest absolute Gasteiger partial charge is 0.433 e. The quantitative estimate of drug-likeness (QED) is 0.796. The number of nitrogens with two attached hydrogens (primary N) is 1. The van der Waals surface area contributed by atoms with Crippen molar-refractivity contribution >= 4 is 11.7 Å². The highest BCUT2D eigenvalue weighted by atomic mass is 19.4. The average Bonchev–Trinajstić information content (AvgIpc) is 2.14. The number of halogens is 5. The maximum atomic E-state index is 12.4. The molecule has 0 fully saturated rings. The minimum atomic E-state index is -5.20. The second-order valence-electron chi connectivity index (χ2n) is 2.96. The summed E-state index contributed by atoms with van der Waals surface area (Å²) in [6.07, 6.45) is -8.70. The van der Waals surface area contributed by atoms with Crippen LogP contribution in [-0.2, 0) is 6.18 Å². The van der Waals surface area contributed by atoms with E-state index in [-0.39, 0.29) is 0 Å². The number of pyridine rings is 1. The molecule has 0 radical (unpaired) electrons. The van der Waals surface area contributed by atoms with Crippen LogP contribution in [-0.4, -0.2) is 16.1 Å². The van der Waals surface area contributed by atoms with Crippen molar-refractivity contribution in [1.82, 2.24) is 4.98 Å². The Kier molecular flexibility index (Phi) is 3.21. The maximum absolute atomic E-state index is 12.4. The summed E-state index contributed by atoms with van der Waals surface area (Å²) < 4.78 is 61.9. The van der Waals surface area contributed by atoms with E-state index in [0.717, 1.165) is 0 Å². The number of carboxylic acid groups (broad SMARTS) is 1. The van der Waals surface area contributed by atoms with Gasteiger partial charge in [-0.2, -0.15) is 13.2 Å². The van der Waals surface area contributed by atoms with E-state index in [1.807, 2.05) is 0 Å². The van der Waals surface area contributed by atoms with Gasteiger partial charge in [0.05, 0.1) is 5.56 Å². The van der Waals surface area contributed by atoms with Crippen LogP contribution in [0.25, 0.3) is 0 Å². The number of carbonyl (C=O) groups is 1. The molecule has 0 saturated carbocycles. The van der Waals surface area contributed by atoms with Crippen LogP contribution in [0.1, 0.15) is 28.2 Å². The predicted octanol–water partition coefficient (Wildman–Crippen LogP) is 2.32. The van der Waals surface area contributed by atoms with Crippen LogP contribution in [0.15, 0.2) is 6.07 Å². The molecule has 1 aromatic heterocycles. The van der Waals surface area contributed by atoms with E-state index in [1.165, 1.54) is 0 Å². The Morgan fingerprint density at radius 3 is 2.29 bits per heavy atom. The summed E-state index contributed by atoms with van der Waals surface area (Å²) >= 11 is 0. The van der Waals surface area contributed by atoms with E-state index < -0.39 is 41.2 Å². The molecule has 0 aliphatic heterocycles. The van der Waals surface area contributed by atoms with Gasteiger partial charge in [0.2, 0.25) is 0 Å².